The van der Waals surface area contributed by atoms with Crippen LogP contribution in [0.1, 0.15) is 30.1 Å². The molecule has 2 N–H and O–H groups in total. The first-order valence-electron chi connectivity index (χ1n) is 6.48. The van der Waals surface area contributed by atoms with Crippen molar-refractivity contribution < 1.29 is 23.1 Å². The quantitative estimate of drug-likeness (QED) is 0.674. The van der Waals surface area contributed by atoms with Crippen LogP contribution in [-0.2, 0) is 14.8 Å². The molecule has 0 saturated heterocycles. The van der Waals surface area contributed by atoms with E-state index in [1.165, 1.54) is 12.1 Å². The van der Waals surface area contributed by atoms with Crippen LogP contribution in [-0.4, -0.2) is 39.3 Å². The number of unbranched alkanes of at least 4 members (excludes halogenated alkanes) is 1. The van der Waals surface area contributed by atoms with Crippen LogP contribution < -0.4 is 4.72 Å². The standard InChI is InChI=1S/C13H18ClNO5S/c1-2-3-7-20-8-6-15-21(18,19)10-4-5-12(14)11(9-10)13(16)17/h4-5,9,15H,2-3,6-8H2,1H3,(H,16,17). The number of sulfonamides is 1. The van der Waals surface area contributed by atoms with Crippen molar-refractivity contribution in [1.29, 1.82) is 0 Å². The van der Waals surface area contributed by atoms with Gasteiger partial charge in [0.1, 0.15) is 0 Å². The number of benzene rings is 1. The number of ether oxygens (including phenoxy) is 1. The van der Waals surface area contributed by atoms with Crippen LogP contribution in [0.3, 0.4) is 0 Å². The smallest absolute Gasteiger partial charge is 0.337 e. The van der Waals surface area contributed by atoms with Gasteiger partial charge in [-0.25, -0.2) is 17.9 Å². The molecular formula is C13H18ClNO5S. The minimum absolute atomic E-state index is 0.00986. The van der Waals surface area contributed by atoms with Gasteiger partial charge in [0.15, 0.2) is 0 Å². The third-order valence-corrected chi connectivity index (χ3v) is 4.45. The Bertz CT molecular complexity index is 588. The maximum atomic E-state index is 12.0. The number of rotatable bonds is 9. The molecule has 0 aliphatic rings. The second kappa shape index (κ2) is 8.33. The summed E-state index contributed by atoms with van der Waals surface area (Å²) in [6, 6.07) is 3.54. The van der Waals surface area contributed by atoms with Crippen molar-refractivity contribution in [2.75, 3.05) is 19.8 Å². The third kappa shape index (κ3) is 5.62. The number of carboxylic acids is 1. The Labute approximate surface area is 129 Å². The van der Waals surface area contributed by atoms with Crippen molar-refractivity contribution in [1.82, 2.24) is 4.72 Å². The molecule has 0 aliphatic heterocycles. The molecule has 0 amide bonds. The van der Waals surface area contributed by atoms with Crippen molar-refractivity contribution in [2.45, 2.75) is 24.7 Å². The van der Waals surface area contributed by atoms with Gasteiger partial charge in [-0.15, -0.1) is 0 Å². The largest absolute Gasteiger partial charge is 0.478 e. The van der Waals surface area contributed by atoms with E-state index in [0.717, 1.165) is 18.9 Å². The van der Waals surface area contributed by atoms with Gasteiger partial charge in [0.25, 0.3) is 0 Å². The fourth-order valence-corrected chi connectivity index (χ4v) is 2.75. The summed E-state index contributed by atoms with van der Waals surface area (Å²) in [6.45, 7) is 3.00. The lowest BCUT2D eigenvalue weighted by Gasteiger charge is -2.08. The number of carbonyl (C=O) groups is 1. The van der Waals surface area contributed by atoms with E-state index in [0.29, 0.717) is 6.61 Å². The monoisotopic (exact) mass is 335 g/mol. The van der Waals surface area contributed by atoms with Gasteiger partial charge in [0.2, 0.25) is 10.0 Å². The predicted octanol–water partition coefficient (Wildman–Crippen LogP) is 2.13. The van der Waals surface area contributed by atoms with Gasteiger partial charge in [-0.3, -0.25) is 0 Å². The van der Waals surface area contributed by atoms with Crippen molar-refractivity contribution in [3.8, 4) is 0 Å². The lowest BCUT2D eigenvalue weighted by molar-refractivity contribution is 0.0697. The van der Waals surface area contributed by atoms with Gasteiger partial charge in [0.05, 0.1) is 22.1 Å². The van der Waals surface area contributed by atoms with Crippen LogP contribution in [0.15, 0.2) is 23.1 Å². The lowest BCUT2D eigenvalue weighted by atomic mass is 10.2. The highest BCUT2D eigenvalue weighted by molar-refractivity contribution is 7.89. The van der Waals surface area contributed by atoms with Crippen molar-refractivity contribution >= 4 is 27.6 Å². The second-order valence-electron chi connectivity index (χ2n) is 4.31. The van der Waals surface area contributed by atoms with Gasteiger partial charge >= 0.3 is 5.97 Å². The lowest BCUT2D eigenvalue weighted by Crippen LogP contribution is -2.27. The van der Waals surface area contributed by atoms with Crippen molar-refractivity contribution in [2.24, 2.45) is 0 Å². The SMILES string of the molecule is CCCCOCCNS(=O)(=O)c1ccc(Cl)c(C(=O)O)c1. The van der Waals surface area contributed by atoms with Gasteiger partial charge in [-0.05, 0) is 24.6 Å². The molecule has 8 heteroatoms. The summed E-state index contributed by atoms with van der Waals surface area (Å²) in [5, 5.41) is 8.92. The van der Waals surface area contributed by atoms with Crippen LogP contribution in [0.5, 0.6) is 0 Å². The van der Waals surface area contributed by atoms with Gasteiger partial charge < -0.3 is 9.84 Å². The van der Waals surface area contributed by atoms with E-state index < -0.39 is 16.0 Å². The van der Waals surface area contributed by atoms with E-state index in [1.54, 1.807) is 0 Å². The van der Waals surface area contributed by atoms with Gasteiger partial charge in [0, 0.05) is 13.2 Å². The zero-order valence-electron chi connectivity index (χ0n) is 11.6. The van der Waals surface area contributed by atoms with Crippen LogP contribution in [0, 0.1) is 0 Å². The van der Waals surface area contributed by atoms with Crippen LogP contribution in [0.25, 0.3) is 0 Å². The molecule has 0 heterocycles. The molecule has 0 radical (unpaired) electrons. The maximum absolute atomic E-state index is 12.0. The first kappa shape index (κ1) is 17.9. The van der Waals surface area contributed by atoms with E-state index in [1.807, 2.05) is 6.92 Å². The third-order valence-electron chi connectivity index (χ3n) is 2.66. The van der Waals surface area contributed by atoms with Crippen molar-refractivity contribution in [3.05, 3.63) is 28.8 Å². The normalized spacial score (nSPS) is 11.5. The molecule has 0 unspecified atom stereocenters. The topological polar surface area (TPSA) is 92.7 Å². The predicted molar refractivity (Wildman–Crippen MR) is 79.3 cm³/mol. The Morgan fingerprint density at radius 2 is 2.10 bits per heavy atom. The Morgan fingerprint density at radius 1 is 1.38 bits per heavy atom. The highest BCUT2D eigenvalue weighted by Crippen LogP contribution is 2.20. The average Bonchev–Trinajstić information content (AvgIpc) is 2.42. The summed E-state index contributed by atoms with van der Waals surface area (Å²) in [5.74, 6) is -1.28. The zero-order chi connectivity index (χ0) is 15.9. The molecule has 118 valence electrons. The summed E-state index contributed by atoms with van der Waals surface area (Å²) in [7, 11) is -3.78. The molecule has 0 bridgehead atoms. The molecule has 1 rings (SSSR count). The summed E-state index contributed by atoms with van der Waals surface area (Å²) >= 11 is 5.70. The zero-order valence-corrected chi connectivity index (χ0v) is 13.2. The Balaban J connectivity index is 2.66. The molecule has 0 aliphatic carbocycles. The molecule has 0 atom stereocenters. The number of aromatic carboxylic acids is 1. The molecule has 6 nitrogen and oxygen atoms in total. The van der Waals surface area contributed by atoms with Crippen LogP contribution in [0.2, 0.25) is 5.02 Å². The van der Waals surface area contributed by atoms with Gasteiger partial charge in [-0.2, -0.15) is 0 Å². The minimum atomic E-state index is -3.78. The number of hydrogen-bond donors (Lipinski definition) is 2. The highest BCUT2D eigenvalue weighted by atomic mass is 35.5. The summed E-state index contributed by atoms with van der Waals surface area (Å²) in [5.41, 5.74) is -0.251. The molecule has 1 aromatic carbocycles. The fourth-order valence-electron chi connectivity index (χ4n) is 1.52. The van der Waals surface area contributed by atoms with E-state index in [2.05, 4.69) is 4.72 Å². The molecule has 0 saturated carbocycles. The molecular weight excluding hydrogens is 318 g/mol. The Morgan fingerprint density at radius 3 is 2.71 bits per heavy atom. The van der Waals surface area contributed by atoms with Crippen molar-refractivity contribution in [3.63, 3.8) is 0 Å². The first-order valence-corrected chi connectivity index (χ1v) is 8.35. The number of carboxylic acid groups (broad SMARTS) is 1. The average molecular weight is 336 g/mol. The fraction of sp³-hybridized carbons (Fsp3) is 0.462. The minimum Gasteiger partial charge on any atom is -0.478 e. The molecule has 1 aromatic rings. The van der Waals surface area contributed by atoms with E-state index in [-0.39, 0.29) is 28.6 Å². The summed E-state index contributed by atoms with van der Waals surface area (Å²) in [6.07, 6.45) is 1.93. The number of nitrogens with one attached hydrogen (secondary N) is 1. The summed E-state index contributed by atoms with van der Waals surface area (Å²) in [4.78, 5) is 10.8. The van der Waals surface area contributed by atoms with Gasteiger partial charge in [-0.1, -0.05) is 24.9 Å². The Hall–Kier alpha value is -1.15. The Kier molecular flexibility index (Phi) is 7.10. The molecule has 21 heavy (non-hydrogen) atoms. The first-order chi connectivity index (χ1) is 9.88. The molecule has 0 spiro atoms. The second-order valence-corrected chi connectivity index (χ2v) is 6.48. The van der Waals surface area contributed by atoms with E-state index in [4.69, 9.17) is 21.4 Å². The molecule has 0 aromatic heterocycles. The van der Waals surface area contributed by atoms with Crippen LogP contribution >= 0.6 is 11.6 Å². The number of halogens is 1. The van der Waals surface area contributed by atoms with E-state index in [9.17, 15) is 13.2 Å². The van der Waals surface area contributed by atoms with Crippen LogP contribution in [0.4, 0.5) is 0 Å². The molecule has 0 fully saturated rings. The maximum Gasteiger partial charge on any atom is 0.337 e. The van der Waals surface area contributed by atoms with E-state index >= 15 is 0 Å². The summed E-state index contributed by atoms with van der Waals surface area (Å²) < 4.78 is 31.6. The number of hydrogen-bond acceptors (Lipinski definition) is 4. The highest BCUT2D eigenvalue weighted by Gasteiger charge is 2.17.